The van der Waals surface area contributed by atoms with Gasteiger partial charge in [0.25, 0.3) is 0 Å². The molecule has 0 aromatic heterocycles. The standard InChI is InChI=1S/C21H34S/c1-4-7-11-18-16-20(19-12-9-8-10-13-19)22-21(17-18,14-5-2)15-6-3/h8-10,12-13,18,20H,4-7,11,14-17H2,1-3H3. The first-order valence-corrected chi connectivity index (χ1v) is 10.3. The van der Waals surface area contributed by atoms with Crippen molar-refractivity contribution in [1.82, 2.24) is 0 Å². The lowest BCUT2D eigenvalue weighted by Gasteiger charge is -2.45. The minimum Gasteiger partial charge on any atom is -0.147 e. The Hall–Kier alpha value is -0.430. The molecule has 124 valence electrons. The molecular formula is C21H34S. The fraction of sp³-hybridized carbons (Fsp3) is 0.714. The molecule has 1 heteroatoms. The van der Waals surface area contributed by atoms with Gasteiger partial charge in [-0.25, -0.2) is 0 Å². The average Bonchev–Trinajstić information content (AvgIpc) is 2.54. The van der Waals surface area contributed by atoms with Crippen molar-refractivity contribution in [3.8, 4) is 0 Å². The molecule has 0 saturated carbocycles. The zero-order valence-electron chi connectivity index (χ0n) is 14.8. The highest BCUT2D eigenvalue weighted by atomic mass is 32.2. The molecule has 2 rings (SSSR count). The van der Waals surface area contributed by atoms with Crippen LogP contribution < -0.4 is 0 Å². The first kappa shape index (κ1) is 17.9. The van der Waals surface area contributed by atoms with E-state index in [4.69, 9.17) is 0 Å². The van der Waals surface area contributed by atoms with Crippen molar-refractivity contribution in [2.24, 2.45) is 5.92 Å². The van der Waals surface area contributed by atoms with Crippen LogP contribution in [0.1, 0.15) is 89.4 Å². The number of thioether (sulfide) groups is 1. The molecule has 2 unspecified atom stereocenters. The lowest BCUT2D eigenvalue weighted by atomic mass is 9.81. The molecule has 0 spiro atoms. The molecule has 0 radical (unpaired) electrons. The van der Waals surface area contributed by atoms with E-state index in [1.54, 1.807) is 5.56 Å². The molecule has 1 aliphatic rings. The normalized spacial score (nSPS) is 24.3. The zero-order chi connectivity index (χ0) is 15.8. The number of benzene rings is 1. The fourth-order valence-corrected chi connectivity index (χ4v) is 6.49. The van der Waals surface area contributed by atoms with E-state index in [1.807, 2.05) is 0 Å². The van der Waals surface area contributed by atoms with Gasteiger partial charge in [0.05, 0.1) is 0 Å². The maximum atomic E-state index is 2.37. The molecule has 1 aromatic rings. The highest BCUT2D eigenvalue weighted by molar-refractivity contribution is 8.00. The second kappa shape index (κ2) is 9.01. The van der Waals surface area contributed by atoms with E-state index in [0.717, 1.165) is 11.2 Å². The van der Waals surface area contributed by atoms with Crippen LogP contribution in [0.5, 0.6) is 0 Å². The highest BCUT2D eigenvalue weighted by Gasteiger charge is 2.40. The van der Waals surface area contributed by atoms with Crippen LogP contribution in [-0.4, -0.2) is 4.75 Å². The third-order valence-corrected chi connectivity index (χ3v) is 6.97. The van der Waals surface area contributed by atoms with Crippen LogP contribution in [0.15, 0.2) is 30.3 Å². The van der Waals surface area contributed by atoms with Crippen molar-refractivity contribution in [3.05, 3.63) is 35.9 Å². The van der Waals surface area contributed by atoms with Crippen LogP contribution in [0.25, 0.3) is 0 Å². The molecule has 2 atom stereocenters. The van der Waals surface area contributed by atoms with E-state index in [-0.39, 0.29) is 0 Å². The van der Waals surface area contributed by atoms with Gasteiger partial charge in [-0.3, -0.25) is 0 Å². The lowest BCUT2D eigenvalue weighted by Crippen LogP contribution is -2.34. The lowest BCUT2D eigenvalue weighted by molar-refractivity contribution is 0.306. The molecule has 0 aliphatic carbocycles. The van der Waals surface area contributed by atoms with E-state index >= 15 is 0 Å². The summed E-state index contributed by atoms with van der Waals surface area (Å²) in [6, 6.07) is 11.3. The molecule has 0 N–H and O–H groups in total. The topological polar surface area (TPSA) is 0 Å². The van der Waals surface area contributed by atoms with Crippen molar-refractivity contribution in [2.45, 2.75) is 88.6 Å². The number of hydrogen-bond donors (Lipinski definition) is 0. The average molecular weight is 319 g/mol. The molecule has 1 heterocycles. The van der Waals surface area contributed by atoms with Gasteiger partial charge in [0.15, 0.2) is 0 Å². The fourth-order valence-electron chi connectivity index (χ4n) is 4.25. The van der Waals surface area contributed by atoms with Crippen molar-refractivity contribution in [3.63, 3.8) is 0 Å². The van der Waals surface area contributed by atoms with Crippen LogP contribution in [0.4, 0.5) is 0 Å². The zero-order valence-corrected chi connectivity index (χ0v) is 15.6. The second-order valence-corrected chi connectivity index (χ2v) is 8.82. The molecule has 1 aliphatic heterocycles. The van der Waals surface area contributed by atoms with Gasteiger partial charge in [-0.15, -0.1) is 11.8 Å². The Kier molecular flexibility index (Phi) is 7.34. The largest absolute Gasteiger partial charge is 0.147 e. The summed E-state index contributed by atoms with van der Waals surface area (Å²) in [7, 11) is 0. The van der Waals surface area contributed by atoms with Gasteiger partial charge in [-0.05, 0) is 37.2 Å². The van der Waals surface area contributed by atoms with Gasteiger partial charge in [-0.1, -0.05) is 83.2 Å². The molecule has 0 bridgehead atoms. The first-order chi connectivity index (χ1) is 10.7. The van der Waals surface area contributed by atoms with E-state index in [0.29, 0.717) is 4.75 Å². The quantitative estimate of drug-likeness (QED) is 0.481. The second-order valence-electron chi connectivity index (χ2n) is 7.15. The Morgan fingerprint density at radius 3 is 2.27 bits per heavy atom. The molecule has 1 saturated heterocycles. The smallest absolute Gasteiger partial charge is 0.0305 e. The Morgan fingerprint density at radius 2 is 1.68 bits per heavy atom. The molecule has 1 aromatic carbocycles. The summed E-state index contributed by atoms with van der Waals surface area (Å²) in [5.41, 5.74) is 1.56. The van der Waals surface area contributed by atoms with E-state index < -0.39 is 0 Å². The van der Waals surface area contributed by atoms with Gasteiger partial charge in [-0.2, -0.15) is 0 Å². The summed E-state index contributed by atoms with van der Waals surface area (Å²) in [6.07, 6.45) is 12.5. The molecular weight excluding hydrogens is 284 g/mol. The van der Waals surface area contributed by atoms with Gasteiger partial charge in [0, 0.05) is 10.00 Å². The van der Waals surface area contributed by atoms with Crippen LogP contribution in [0.2, 0.25) is 0 Å². The van der Waals surface area contributed by atoms with E-state index in [2.05, 4.69) is 62.9 Å². The predicted octanol–water partition coefficient (Wildman–Crippen LogP) is 7.40. The van der Waals surface area contributed by atoms with Gasteiger partial charge < -0.3 is 0 Å². The third kappa shape index (κ3) is 4.78. The Morgan fingerprint density at radius 1 is 1.00 bits per heavy atom. The van der Waals surface area contributed by atoms with Gasteiger partial charge in [0.2, 0.25) is 0 Å². The maximum absolute atomic E-state index is 2.37. The Balaban J connectivity index is 2.18. The van der Waals surface area contributed by atoms with Gasteiger partial charge >= 0.3 is 0 Å². The number of hydrogen-bond acceptors (Lipinski definition) is 1. The molecule has 0 amide bonds. The number of unbranched alkanes of at least 4 members (excludes halogenated alkanes) is 1. The Bertz CT molecular complexity index is 405. The summed E-state index contributed by atoms with van der Waals surface area (Å²) in [6.45, 7) is 7.06. The SMILES string of the molecule is CCCCC1CC(c2ccccc2)SC(CCC)(CCC)C1. The molecule has 1 fully saturated rings. The van der Waals surface area contributed by atoms with E-state index in [1.165, 1.54) is 57.8 Å². The summed E-state index contributed by atoms with van der Waals surface area (Å²) >= 11 is 2.32. The summed E-state index contributed by atoms with van der Waals surface area (Å²) in [5.74, 6) is 0.935. The van der Waals surface area contributed by atoms with Crippen LogP contribution >= 0.6 is 11.8 Å². The first-order valence-electron chi connectivity index (χ1n) is 9.45. The van der Waals surface area contributed by atoms with Crippen LogP contribution in [-0.2, 0) is 0 Å². The van der Waals surface area contributed by atoms with Crippen LogP contribution in [0.3, 0.4) is 0 Å². The van der Waals surface area contributed by atoms with Crippen LogP contribution in [0, 0.1) is 5.92 Å². The highest BCUT2D eigenvalue weighted by Crippen LogP contribution is 2.55. The summed E-state index contributed by atoms with van der Waals surface area (Å²) in [5, 5.41) is 0.718. The Labute approximate surface area is 142 Å². The van der Waals surface area contributed by atoms with E-state index in [9.17, 15) is 0 Å². The maximum Gasteiger partial charge on any atom is 0.0305 e. The molecule has 0 nitrogen and oxygen atoms in total. The van der Waals surface area contributed by atoms with Crippen molar-refractivity contribution in [1.29, 1.82) is 0 Å². The minimum atomic E-state index is 0.542. The monoisotopic (exact) mass is 318 g/mol. The third-order valence-electron chi connectivity index (χ3n) is 5.15. The minimum absolute atomic E-state index is 0.542. The predicted molar refractivity (Wildman–Crippen MR) is 102 cm³/mol. The molecule has 22 heavy (non-hydrogen) atoms. The summed E-state index contributed by atoms with van der Waals surface area (Å²) < 4.78 is 0.542. The van der Waals surface area contributed by atoms with Gasteiger partial charge in [0.1, 0.15) is 0 Å². The number of rotatable bonds is 8. The van der Waals surface area contributed by atoms with Crippen molar-refractivity contribution in [2.75, 3.05) is 0 Å². The summed E-state index contributed by atoms with van der Waals surface area (Å²) in [4.78, 5) is 0. The van der Waals surface area contributed by atoms with Crippen molar-refractivity contribution >= 4 is 11.8 Å². The van der Waals surface area contributed by atoms with Crippen molar-refractivity contribution < 1.29 is 0 Å².